The molecule has 4 aromatic rings. The molecule has 188 valence electrons. The number of pyridine rings is 1. The number of benzene rings is 2. The van der Waals surface area contributed by atoms with Gasteiger partial charge in [-0.1, -0.05) is 31.8 Å². The number of carbonyl (C=O) groups is 2. The van der Waals surface area contributed by atoms with Crippen LogP contribution in [-0.4, -0.2) is 43.1 Å². The summed E-state index contributed by atoms with van der Waals surface area (Å²) in [5.41, 5.74) is 3.23. The molecule has 13 heteroatoms. The van der Waals surface area contributed by atoms with Crippen LogP contribution in [0, 0.1) is 21.6 Å². The Morgan fingerprint density at radius 1 is 1.19 bits per heavy atom. The average Bonchev–Trinajstić information content (AvgIpc) is 3.24. The summed E-state index contributed by atoms with van der Waals surface area (Å²) in [5, 5.41) is 14.8. The van der Waals surface area contributed by atoms with Crippen LogP contribution in [0.4, 0.5) is 11.4 Å². The number of H-pyrrole nitrogens is 1. The Hall–Kier alpha value is -4.41. The van der Waals surface area contributed by atoms with E-state index >= 15 is 0 Å². The van der Waals surface area contributed by atoms with E-state index in [1.54, 1.807) is 6.07 Å². The number of Topliss-reactive ketones (excluding diaryl/α,β-unsaturated/α-hetero) is 1. The van der Waals surface area contributed by atoms with Crippen molar-refractivity contribution < 1.29 is 22.9 Å². The first-order valence-electron chi connectivity index (χ1n) is 10.9. The first-order valence-corrected chi connectivity index (χ1v) is 15.9. The summed E-state index contributed by atoms with van der Waals surface area (Å²) >= 11 is 0. The van der Waals surface area contributed by atoms with Gasteiger partial charge in [0.05, 0.1) is 27.3 Å². The highest BCUT2D eigenvalue weighted by Gasteiger charge is 2.25. The zero-order chi connectivity index (χ0) is 27.1. The summed E-state index contributed by atoms with van der Waals surface area (Å²) < 4.78 is 30.1. The van der Waals surface area contributed by atoms with Crippen LogP contribution in [0.15, 0.2) is 51.9 Å². The van der Waals surface area contributed by atoms with Gasteiger partial charge < -0.3 is 10.3 Å². The summed E-state index contributed by atoms with van der Waals surface area (Å²) in [6.07, 6.45) is 1.45. The fourth-order valence-corrected chi connectivity index (χ4v) is 5.27. The van der Waals surface area contributed by atoms with Gasteiger partial charge in [-0.15, -0.1) is 5.54 Å². The molecule has 37 heavy (non-hydrogen) atoms. The molecule has 0 saturated heterocycles. The molecule has 2 aromatic heterocycles. The number of rotatable bonds is 5. The van der Waals surface area contributed by atoms with Crippen molar-refractivity contribution in [2.45, 2.75) is 31.5 Å². The van der Waals surface area contributed by atoms with Crippen LogP contribution in [-0.2, 0) is 14.8 Å². The van der Waals surface area contributed by atoms with E-state index in [2.05, 4.69) is 31.1 Å². The number of hydrogen-bond acceptors (Lipinski definition) is 7. The minimum Gasteiger partial charge on any atom is -0.349 e. The summed E-state index contributed by atoms with van der Waals surface area (Å²) in [6, 6.07) is 7.69. The van der Waals surface area contributed by atoms with Crippen LogP contribution in [0.1, 0.15) is 17.4 Å². The maximum absolute atomic E-state index is 13.1. The van der Waals surface area contributed by atoms with Crippen molar-refractivity contribution >= 4 is 63.0 Å². The van der Waals surface area contributed by atoms with Crippen LogP contribution in [0.3, 0.4) is 0 Å². The number of nitro groups is 1. The number of aromatic nitrogens is 2. The molecule has 4 rings (SSSR count). The molecule has 0 unspecified atom stereocenters. The number of nitro benzene ring substituents is 1. The van der Waals surface area contributed by atoms with Crippen LogP contribution >= 0.6 is 0 Å². The number of anilines is 1. The quantitative estimate of drug-likeness (QED) is 0.130. The lowest BCUT2D eigenvalue weighted by molar-refractivity contribution is -0.387. The highest BCUT2D eigenvalue weighted by molar-refractivity contribution is 7.90. The molecule has 1 amide bonds. The Kier molecular flexibility index (Phi) is 6.40. The lowest BCUT2D eigenvalue weighted by Crippen LogP contribution is -2.17. The normalized spacial score (nSPS) is 12.4. The van der Waals surface area contributed by atoms with E-state index in [1.807, 2.05) is 19.6 Å². The van der Waals surface area contributed by atoms with Crippen molar-refractivity contribution in [3.63, 3.8) is 0 Å². The van der Waals surface area contributed by atoms with Gasteiger partial charge in [-0.2, -0.15) is 12.8 Å². The first-order chi connectivity index (χ1) is 17.3. The van der Waals surface area contributed by atoms with E-state index < -0.39 is 45.3 Å². The van der Waals surface area contributed by atoms with Crippen LogP contribution in [0.5, 0.6) is 0 Å². The smallest absolute Gasteiger partial charge is 0.289 e. The van der Waals surface area contributed by atoms with Gasteiger partial charge in [0.2, 0.25) is 5.91 Å². The fraction of sp³-hybridized carbons (Fsp3) is 0.167. The van der Waals surface area contributed by atoms with E-state index in [0.29, 0.717) is 16.3 Å². The van der Waals surface area contributed by atoms with E-state index in [0.717, 1.165) is 12.1 Å². The van der Waals surface area contributed by atoms with Gasteiger partial charge in [0, 0.05) is 30.0 Å². The lowest BCUT2D eigenvalue weighted by Gasteiger charge is -2.10. The van der Waals surface area contributed by atoms with E-state index in [9.17, 15) is 28.1 Å². The number of carbonyl (C=O) groups excluding carboxylic acids is 2. The molecule has 2 heterocycles. The van der Waals surface area contributed by atoms with Crippen molar-refractivity contribution in [3.05, 3.63) is 63.8 Å². The summed E-state index contributed by atoms with van der Waals surface area (Å²) in [4.78, 5) is 42.0. The van der Waals surface area contributed by atoms with Crippen LogP contribution in [0.25, 0.3) is 21.8 Å². The zero-order valence-electron chi connectivity index (χ0n) is 20.2. The van der Waals surface area contributed by atoms with Gasteiger partial charge in [-0.25, -0.2) is 0 Å². The van der Waals surface area contributed by atoms with Gasteiger partial charge >= 0.3 is 0 Å². The molecule has 0 spiro atoms. The maximum Gasteiger partial charge on any atom is 0.289 e. The molecule has 0 atom stereocenters. The Morgan fingerprint density at radius 2 is 1.89 bits per heavy atom. The molecule has 0 aliphatic heterocycles. The average molecular weight is 536 g/mol. The molecule has 0 fully saturated rings. The summed E-state index contributed by atoms with van der Waals surface area (Å²) in [7, 11) is -6.35. The van der Waals surface area contributed by atoms with Gasteiger partial charge in [0.1, 0.15) is 13.4 Å². The maximum atomic E-state index is 13.1. The molecular weight excluding hydrogens is 514 g/mol. The van der Waals surface area contributed by atoms with E-state index in [-0.39, 0.29) is 22.3 Å². The monoisotopic (exact) mass is 535 g/mol. The van der Waals surface area contributed by atoms with Gasteiger partial charge in [-0.05, 0) is 24.1 Å². The fourth-order valence-electron chi connectivity index (χ4n) is 3.63. The number of sulfonamides is 1. The highest BCUT2D eigenvalue weighted by atomic mass is 32.2. The molecule has 0 aliphatic rings. The second kappa shape index (κ2) is 9.23. The third-order valence-electron chi connectivity index (χ3n) is 5.13. The molecule has 0 saturated carbocycles. The standard InChI is InChI=1S/C24H21N5O6SSi/c1-14(30)26-17-12-18(28-36(34,35)21-8-6-5-7-19(21)29(32)33)23-22-15(13-25-23)11-16(27-24(17)22)20(31)9-10-37(2,3)4/h5-8,11-13,27H,1-4H3,(H,26,30)/b28-18+. The van der Waals surface area contributed by atoms with Crippen molar-refractivity contribution in [1.29, 1.82) is 0 Å². The Balaban J connectivity index is 2.00. The van der Waals surface area contributed by atoms with Crippen molar-refractivity contribution in [2.24, 2.45) is 4.40 Å². The summed E-state index contributed by atoms with van der Waals surface area (Å²) in [6.45, 7) is 7.29. The minimum absolute atomic E-state index is 0.129. The van der Waals surface area contributed by atoms with Crippen LogP contribution in [0.2, 0.25) is 19.6 Å². The second-order valence-corrected chi connectivity index (χ2v) is 15.6. The SMILES string of the molecule is CC(=O)Nc1c/c(=N\S(=O)(=O)c2ccccc2[N+](=O)[O-])c2ncc3cc(C(=O)C#C[Si](C)(C)C)[nH]c1c32. The van der Waals surface area contributed by atoms with E-state index in [4.69, 9.17) is 0 Å². The van der Waals surface area contributed by atoms with Gasteiger partial charge in [0.25, 0.3) is 21.5 Å². The van der Waals surface area contributed by atoms with Crippen LogP contribution < -0.4 is 10.7 Å². The molecule has 0 radical (unpaired) electrons. The van der Waals surface area contributed by atoms with Crippen molar-refractivity contribution in [1.82, 2.24) is 9.97 Å². The number of ketones is 1. The number of para-hydroxylation sites is 1. The Morgan fingerprint density at radius 3 is 2.54 bits per heavy atom. The topological polar surface area (TPSA) is 164 Å². The van der Waals surface area contributed by atoms with E-state index in [1.165, 1.54) is 31.3 Å². The third kappa shape index (κ3) is 5.25. The molecule has 2 N–H and O–H groups in total. The third-order valence-corrected chi connectivity index (χ3v) is 7.34. The number of hydrogen-bond donors (Lipinski definition) is 2. The predicted molar refractivity (Wildman–Crippen MR) is 140 cm³/mol. The number of nitrogens with one attached hydrogen (secondary N) is 2. The Labute approximate surface area is 212 Å². The van der Waals surface area contributed by atoms with Gasteiger partial charge in [-0.3, -0.25) is 24.7 Å². The zero-order valence-corrected chi connectivity index (χ0v) is 22.1. The minimum atomic E-state index is -4.54. The number of aromatic amines is 1. The summed E-state index contributed by atoms with van der Waals surface area (Å²) in [5.74, 6) is 1.77. The Bertz CT molecular complexity index is 1850. The van der Waals surface area contributed by atoms with Crippen molar-refractivity contribution in [3.8, 4) is 11.5 Å². The first kappa shape index (κ1) is 25.7. The largest absolute Gasteiger partial charge is 0.349 e. The number of amides is 1. The molecule has 0 bridgehead atoms. The highest BCUT2D eigenvalue weighted by Crippen LogP contribution is 2.30. The van der Waals surface area contributed by atoms with Gasteiger partial charge in [0.15, 0.2) is 4.90 Å². The lowest BCUT2D eigenvalue weighted by atomic mass is 10.1. The molecular formula is C24H21N5O6SSi. The number of nitrogens with zero attached hydrogens (tertiary/aromatic N) is 3. The molecule has 11 nitrogen and oxygen atoms in total. The van der Waals surface area contributed by atoms with Crippen molar-refractivity contribution in [2.75, 3.05) is 5.32 Å². The predicted octanol–water partition coefficient (Wildman–Crippen LogP) is 3.37. The molecule has 0 aliphatic carbocycles. The second-order valence-electron chi connectivity index (χ2n) is 9.24. The molecule has 2 aromatic carbocycles.